The van der Waals surface area contributed by atoms with Crippen LogP contribution in [0.5, 0.6) is 0 Å². The highest BCUT2D eigenvalue weighted by atomic mass is 16.6. The maximum absolute atomic E-state index is 11.7. The van der Waals surface area contributed by atoms with Crippen molar-refractivity contribution in [3.8, 4) is 0 Å². The molecule has 9 heteroatoms. The van der Waals surface area contributed by atoms with Crippen molar-refractivity contribution in [2.75, 3.05) is 26.8 Å². The van der Waals surface area contributed by atoms with Gasteiger partial charge in [-0.25, -0.2) is 4.79 Å². The zero-order chi connectivity index (χ0) is 21.6. The smallest absolute Gasteiger partial charge is 0.414 e. The van der Waals surface area contributed by atoms with Crippen molar-refractivity contribution in [2.45, 2.75) is 39.2 Å². The zero-order valence-electron chi connectivity index (χ0n) is 17.1. The molecule has 0 radical (unpaired) electrons. The minimum atomic E-state index is -0.876. The van der Waals surface area contributed by atoms with Crippen molar-refractivity contribution in [1.29, 1.82) is 5.41 Å². The fraction of sp³-hybridized carbons (Fsp3) is 0.500. The predicted molar refractivity (Wildman–Crippen MR) is 106 cm³/mol. The van der Waals surface area contributed by atoms with Crippen LogP contribution in [0.15, 0.2) is 30.3 Å². The maximum atomic E-state index is 11.7. The monoisotopic (exact) mass is 407 g/mol. The summed E-state index contributed by atoms with van der Waals surface area (Å²) in [5, 5.41) is 9.90. The third kappa shape index (κ3) is 11.4. The Labute approximate surface area is 170 Å². The summed E-state index contributed by atoms with van der Waals surface area (Å²) in [6.45, 7) is 3.05. The molecule has 0 aromatic heterocycles. The van der Waals surface area contributed by atoms with Gasteiger partial charge in [-0.15, -0.1) is 0 Å². The van der Waals surface area contributed by atoms with E-state index >= 15 is 0 Å². The Morgan fingerprint density at radius 2 is 1.72 bits per heavy atom. The van der Waals surface area contributed by atoms with Gasteiger partial charge in [0.15, 0.2) is 0 Å². The Morgan fingerprint density at radius 3 is 2.38 bits per heavy atom. The van der Waals surface area contributed by atoms with Crippen LogP contribution in [0.3, 0.4) is 0 Å². The minimum Gasteiger partial charge on any atom is -0.462 e. The summed E-state index contributed by atoms with van der Waals surface area (Å²) >= 11 is 0. The maximum Gasteiger partial charge on any atom is 0.414 e. The first-order valence-corrected chi connectivity index (χ1v) is 9.40. The molecule has 0 saturated heterocycles. The molecule has 0 unspecified atom stereocenters. The van der Waals surface area contributed by atoms with Crippen molar-refractivity contribution in [3.63, 3.8) is 0 Å². The second kappa shape index (κ2) is 13.1. The average Bonchev–Trinajstić information content (AvgIpc) is 2.65. The molecule has 0 aliphatic heterocycles. The van der Waals surface area contributed by atoms with Gasteiger partial charge in [0.25, 0.3) is 0 Å². The Bertz CT molecular complexity index is 678. The number of hydrogen-bond donors (Lipinski definition) is 2. The molecular formula is C20H29N3O6. The number of nitrogens with one attached hydrogen (secondary N) is 2. The number of alkyl carbamates (subject to hydrolysis) is 1. The molecule has 0 bridgehead atoms. The number of amides is 1. The summed E-state index contributed by atoms with van der Waals surface area (Å²) in [4.78, 5) is 36.0. The lowest BCUT2D eigenvalue weighted by Gasteiger charge is -2.19. The SMILES string of the molecule is CC(C)OC(=O)CN(C)C(=N)NC(=O)OCCOC(=O)CCCc1ccccc1. The van der Waals surface area contributed by atoms with Crippen LogP contribution >= 0.6 is 0 Å². The van der Waals surface area contributed by atoms with E-state index in [-0.39, 0.29) is 44.2 Å². The number of nitrogens with zero attached hydrogens (tertiary/aromatic N) is 1. The summed E-state index contributed by atoms with van der Waals surface area (Å²) in [5.41, 5.74) is 1.16. The van der Waals surface area contributed by atoms with Gasteiger partial charge < -0.3 is 19.1 Å². The van der Waals surface area contributed by atoms with E-state index < -0.39 is 12.1 Å². The molecule has 1 rings (SSSR count). The average molecular weight is 407 g/mol. The lowest BCUT2D eigenvalue weighted by molar-refractivity contribution is -0.147. The van der Waals surface area contributed by atoms with Crippen LogP contribution in [0.1, 0.15) is 32.3 Å². The number of carbonyl (C=O) groups is 3. The van der Waals surface area contributed by atoms with E-state index in [0.717, 1.165) is 12.0 Å². The van der Waals surface area contributed by atoms with E-state index in [0.29, 0.717) is 6.42 Å². The van der Waals surface area contributed by atoms with Crippen LogP contribution in [0, 0.1) is 5.41 Å². The number of likely N-dealkylation sites (N-methyl/N-ethyl adjacent to an activating group) is 1. The van der Waals surface area contributed by atoms with Gasteiger partial charge in [0, 0.05) is 13.5 Å². The van der Waals surface area contributed by atoms with Crippen LogP contribution in [-0.4, -0.2) is 61.8 Å². The largest absolute Gasteiger partial charge is 0.462 e. The fourth-order valence-electron chi connectivity index (χ4n) is 2.24. The van der Waals surface area contributed by atoms with Crippen LogP contribution in [0.25, 0.3) is 0 Å². The van der Waals surface area contributed by atoms with E-state index in [9.17, 15) is 14.4 Å². The molecule has 29 heavy (non-hydrogen) atoms. The molecule has 0 saturated carbocycles. The highest BCUT2D eigenvalue weighted by Gasteiger charge is 2.15. The summed E-state index contributed by atoms with van der Waals surface area (Å²) in [6.07, 6.45) is 0.605. The topological polar surface area (TPSA) is 118 Å². The van der Waals surface area contributed by atoms with Crippen LogP contribution in [-0.2, 0) is 30.2 Å². The quantitative estimate of drug-likeness (QED) is 0.200. The van der Waals surface area contributed by atoms with E-state index in [4.69, 9.17) is 19.6 Å². The number of esters is 2. The van der Waals surface area contributed by atoms with Gasteiger partial charge in [0.05, 0.1) is 6.10 Å². The number of carbonyl (C=O) groups excluding carboxylic acids is 3. The normalized spacial score (nSPS) is 10.2. The number of guanidine groups is 1. The van der Waals surface area contributed by atoms with Gasteiger partial charge in [-0.2, -0.15) is 0 Å². The molecule has 2 N–H and O–H groups in total. The number of aryl methyl sites for hydroxylation is 1. The molecule has 0 atom stereocenters. The van der Waals surface area contributed by atoms with Gasteiger partial charge in [-0.3, -0.25) is 20.3 Å². The first-order chi connectivity index (χ1) is 13.8. The first kappa shape index (κ1) is 23.9. The Morgan fingerprint density at radius 1 is 1.07 bits per heavy atom. The molecule has 0 spiro atoms. The fourth-order valence-corrected chi connectivity index (χ4v) is 2.24. The van der Waals surface area contributed by atoms with E-state index in [2.05, 4.69) is 5.32 Å². The number of benzene rings is 1. The van der Waals surface area contributed by atoms with E-state index in [1.807, 2.05) is 30.3 Å². The number of ether oxygens (including phenoxy) is 3. The Balaban J connectivity index is 2.12. The van der Waals surface area contributed by atoms with Crippen molar-refractivity contribution < 1.29 is 28.6 Å². The van der Waals surface area contributed by atoms with Crippen molar-refractivity contribution in [1.82, 2.24) is 10.2 Å². The van der Waals surface area contributed by atoms with Crippen LogP contribution in [0.4, 0.5) is 4.79 Å². The van der Waals surface area contributed by atoms with Crippen molar-refractivity contribution in [3.05, 3.63) is 35.9 Å². The minimum absolute atomic E-state index is 0.0680. The highest BCUT2D eigenvalue weighted by Crippen LogP contribution is 2.05. The second-order valence-electron chi connectivity index (χ2n) is 6.56. The van der Waals surface area contributed by atoms with E-state index in [1.165, 1.54) is 11.9 Å². The molecule has 1 amide bonds. The molecule has 0 aliphatic rings. The molecule has 0 fully saturated rings. The highest BCUT2D eigenvalue weighted by molar-refractivity contribution is 5.93. The summed E-state index contributed by atoms with van der Waals surface area (Å²) in [5.74, 6) is -1.18. The van der Waals surface area contributed by atoms with Crippen LogP contribution in [0.2, 0.25) is 0 Å². The van der Waals surface area contributed by atoms with Gasteiger partial charge in [0.1, 0.15) is 19.8 Å². The predicted octanol–water partition coefficient (Wildman–Crippen LogP) is 2.10. The van der Waals surface area contributed by atoms with Crippen LogP contribution < -0.4 is 5.32 Å². The summed E-state index contributed by atoms with van der Waals surface area (Å²) in [7, 11) is 1.46. The number of hydrogen-bond acceptors (Lipinski definition) is 7. The third-order valence-corrected chi connectivity index (χ3v) is 3.60. The van der Waals surface area contributed by atoms with Crippen molar-refractivity contribution >= 4 is 24.0 Å². The molecule has 0 aliphatic carbocycles. The Hall–Kier alpha value is -3.10. The van der Waals surface area contributed by atoms with Gasteiger partial charge in [-0.05, 0) is 32.3 Å². The number of rotatable bonds is 10. The first-order valence-electron chi connectivity index (χ1n) is 9.40. The zero-order valence-corrected chi connectivity index (χ0v) is 17.1. The lowest BCUT2D eigenvalue weighted by Crippen LogP contribution is -2.44. The molecule has 1 aromatic rings. The summed E-state index contributed by atoms with van der Waals surface area (Å²) < 4.78 is 14.8. The molecule has 0 heterocycles. The van der Waals surface area contributed by atoms with Gasteiger partial charge >= 0.3 is 18.0 Å². The third-order valence-electron chi connectivity index (χ3n) is 3.60. The van der Waals surface area contributed by atoms with Gasteiger partial charge in [-0.1, -0.05) is 30.3 Å². The standard InChI is InChI=1S/C20H29N3O6/c1-15(2)29-18(25)14-23(3)19(21)22-20(26)28-13-12-27-17(24)11-7-10-16-8-5-4-6-9-16/h4-6,8-9,15H,7,10-14H2,1-3H3,(H2,21,22,26). The van der Waals surface area contributed by atoms with Crippen molar-refractivity contribution in [2.24, 2.45) is 0 Å². The molecular weight excluding hydrogens is 378 g/mol. The van der Waals surface area contributed by atoms with Gasteiger partial charge in [0.2, 0.25) is 5.96 Å². The lowest BCUT2D eigenvalue weighted by atomic mass is 10.1. The van der Waals surface area contributed by atoms with E-state index in [1.54, 1.807) is 13.8 Å². The molecule has 160 valence electrons. The second-order valence-corrected chi connectivity index (χ2v) is 6.56. The molecule has 1 aromatic carbocycles. The Kier molecular flexibility index (Phi) is 10.8. The molecule has 9 nitrogen and oxygen atoms in total. The summed E-state index contributed by atoms with van der Waals surface area (Å²) in [6, 6.07) is 9.84.